The number of aliphatic imine (C=N–C) groups is 1. The Morgan fingerprint density at radius 1 is 0.960 bits per heavy atom. The molecule has 0 aromatic heterocycles. The Morgan fingerprint density at radius 2 is 1.64 bits per heavy atom. The van der Waals surface area contributed by atoms with Crippen LogP contribution >= 0.6 is 0 Å². The first kappa shape index (κ1) is 18.6. The smallest absolute Gasteiger partial charge is 0.191 e. The lowest BCUT2D eigenvalue weighted by Crippen LogP contribution is -2.37. The van der Waals surface area contributed by atoms with Gasteiger partial charge in [-0.2, -0.15) is 0 Å². The minimum absolute atomic E-state index is 0.672. The van der Waals surface area contributed by atoms with Gasteiger partial charge in [-0.1, -0.05) is 29.8 Å². The molecule has 0 spiro atoms. The van der Waals surface area contributed by atoms with Crippen molar-refractivity contribution in [3.8, 4) is 11.5 Å². The topological polar surface area (TPSA) is 54.9 Å². The van der Waals surface area contributed by atoms with E-state index in [9.17, 15) is 0 Å². The van der Waals surface area contributed by atoms with Crippen molar-refractivity contribution >= 4 is 5.96 Å². The number of aryl methyl sites for hydroxylation is 1. The van der Waals surface area contributed by atoms with E-state index in [1.807, 2.05) is 36.4 Å². The molecule has 0 heterocycles. The number of ether oxygens (including phenoxy) is 2. The van der Waals surface area contributed by atoms with Crippen LogP contribution in [0, 0.1) is 6.92 Å². The van der Waals surface area contributed by atoms with Gasteiger partial charge in [-0.15, -0.1) is 0 Å². The Labute approximate surface area is 150 Å². The first-order valence-electron chi connectivity index (χ1n) is 8.48. The van der Waals surface area contributed by atoms with E-state index in [4.69, 9.17) is 9.47 Å². The van der Waals surface area contributed by atoms with E-state index in [0.717, 1.165) is 30.4 Å². The summed E-state index contributed by atoms with van der Waals surface area (Å²) >= 11 is 0. The van der Waals surface area contributed by atoms with Gasteiger partial charge >= 0.3 is 0 Å². The molecule has 0 aliphatic carbocycles. The first-order valence-corrected chi connectivity index (χ1v) is 8.48. The van der Waals surface area contributed by atoms with Crippen LogP contribution in [0.15, 0.2) is 53.5 Å². The SMILES string of the molecule is CN=C(NCCCOc1ccc(C)cc1)NCc1ccc(OC)cc1. The monoisotopic (exact) mass is 341 g/mol. The molecule has 0 aliphatic heterocycles. The minimum Gasteiger partial charge on any atom is -0.497 e. The fourth-order valence-corrected chi connectivity index (χ4v) is 2.25. The molecule has 0 unspecified atom stereocenters. The molecule has 2 rings (SSSR count). The van der Waals surface area contributed by atoms with E-state index in [-0.39, 0.29) is 0 Å². The molecule has 25 heavy (non-hydrogen) atoms. The maximum absolute atomic E-state index is 5.72. The summed E-state index contributed by atoms with van der Waals surface area (Å²) in [6.07, 6.45) is 0.900. The van der Waals surface area contributed by atoms with Crippen LogP contribution in [0.2, 0.25) is 0 Å². The van der Waals surface area contributed by atoms with Crippen molar-refractivity contribution in [2.75, 3.05) is 27.3 Å². The molecule has 5 heteroatoms. The predicted octanol–water partition coefficient (Wildman–Crippen LogP) is 3.14. The van der Waals surface area contributed by atoms with E-state index in [2.05, 4.69) is 34.7 Å². The number of nitrogens with one attached hydrogen (secondary N) is 2. The minimum atomic E-state index is 0.672. The van der Waals surface area contributed by atoms with Gasteiger partial charge in [0.15, 0.2) is 5.96 Å². The first-order chi connectivity index (χ1) is 12.2. The Balaban J connectivity index is 1.63. The average molecular weight is 341 g/mol. The van der Waals surface area contributed by atoms with Crippen LogP contribution in [0.4, 0.5) is 0 Å². The van der Waals surface area contributed by atoms with Crippen molar-refractivity contribution in [3.05, 3.63) is 59.7 Å². The van der Waals surface area contributed by atoms with Crippen molar-refractivity contribution in [2.45, 2.75) is 19.9 Å². The van der Waals surface area contributed by atoms with Crippen LogP contribution in [-0.4, -0.2) is 33.3 Å². The van der Waals surface area contributed by atoms with Crippen molar-refractivity contribution in [1.82, 2.24) is 10.6 Å². The highest BCUT2D eigenvalue weighted by molar-refractivity contribution is 5.79. The molecule has 0 aliphatic rings. The van der Waals surface area contributed by atoms with Crippen LogP contribution in [0.1, 0.15) is 17.5 Å². The summed E-state index contributed by atoms with van der Waals surface area (Å²) in [6, 6.07) is 16.1. The van der Waals surface area contributed by atoms with Crippen LogP contribution in [0.3, 0.4) is 0 Å². The number of rotatable bonds is 8. The maximum atomic E-state index is 5.72. The third-order valence-corrected chi connectivity index (χ3v) is 3.75. The molecule has 0 saturated heterocycles. The van der Waals surface area contributed by atoms with Gasteiger partial charge in [0.2, 0.25) is 0 Å². The lowest BCUT2D eigenvalue weighted by atomic mass is 10.2. The molecule has 5 nitrogen and oxygen atoms in total. The third-order valence-electron chi connectivity index (χ3n) is 3.75. The number of benzene rings is 2. The molecule has 0 atom stereocenters. The molecular formula is C20H27N3O2. The molecule has 0 saturated carbocycles. The largest absolute Gasteiger partial charge is 0.497 e. The second-order valence-corrected chi connectivity index (χ2v) is 5.72. The predicted molar refractivity (Wildman–Crippen MR) is 102 cm³/mol. The quantitative estimate of drug-likeness (QED) is 0.440. The molecule has 0 fully saturated rings. The molecule has 0 amide bonds. The molecule has 0 radical (unpaired) electrons. The zero-order valence-corrected chi connectivity index (χ0v) is 15.2. The fraction of sp³-hybridized carbons (Fsp3) is 0.350. The summed E-state index contributed by atoms with van der Waals surface area (Å²) in [5.74, 6) is 2.55. The molecule has 2 aromatic rings. The third kappa shape index (κ3) is 6.75. The lowest BCUT2D eigenvalue weighted by molar-refractivity contribution is 0.311. The molecule has 2 aromatic carbocycles. The zero-order valence-electron chi connectivity index (χ0n) is 15.2. The van der Waals surface area contributed by atoms with Gasteiger partial charge in [-0.05, 0) is 43.2 Å². The highest BCUT2D eigenvalue weighted by Crippen LogP contribution is 2.12. The highest BCUT2D eigenvalue weighted by atomic mass is 16.5. The molecule has 2 N–H and O–H groups in total. The van der Waals surface area contributed by atoms with E-state index in [1.54, 1.807) is 14.2 Å². The van der Waals surface area contributed by atoms with Crippen molar-refractivity contribution in [3.63, 3.8) is 0 Å². The van der Waals surface area contributed by atoms with E-state index in [0.29, 0.717) is 13.2 Å². The van der Waals surface area contributed by atoms with E-state index >= 15 is 0 Å². The van der Waals surface area contributed by atoms with Gasteiger partial charge in [0.05, 0.1) is 13.7 Å². The molecular weight excluding hydrogens is 314 g/mol. The summed E-state index contributed by atoms with van der Waals surface area (Å²) in [5, 5.41) is 6.59. The Kier molecular flexibility index (Phi) is 7.63. The summed E-state index contributed by atoms with van der Waals surface area (Å²) in [4.78, 5) is 4.23. The average Bonchev–Trinajstić information content (AvgIpc) is 2.66. The summed E-state index contributed by atoms with van der Waals surface area (Å²) in [5.41, 5.74) is 2.41. The summed E-state index contributed by atoms with van der Waals surface area (Å²) in [6.45, 7) is 4.25. The van der Waals surface area contributed by atoms with Gasteiger partial charge in [0.25, 0.3) is 0 Å². The summed E-state index contributed by atoms with van der Waals surface area (Å²) < 4.78 is 10.9. The van der Waals surface area contributed by atoms with Crippen LogP contribution in [0.25, 0.3) is 0 Å². The number of methoxy groups -OCH3 is 1. The Bertz CT molecular complexity index is 652. The van der Waals surface area contributed by atoms with Crippen LogP contribution in [-0.2, 0) is 6.54 Å². The number of guanidine groups is 1. The van der Waals surface area contributed by atoms with Gasteiger partial charge in [0.1, 0.15) is 11.5 Å². The van der Waals surface area contributed by atoms with Crippen LogP contribution in [0.5, 0.6) is 11.5 Å². The van der Waals surface area contributed by atoms with Gasteiger partial charge in [0, 0.05) is 20.1 Å². The standard InChI is InChI=1S/C20H27N3O2/c1-16-5-9-19(10-6-16)25-14-4-13-22-20(21-2)23-15-17-7-11-18(24-3)12-8-17/h5-12H,4,13-15H2,1-3H3,(H2,21,22,23). The van der Waals surface area contributed by atoms with Crippen molar-refractivity contribution in [2.24, 2.45) is 4.99 Å². The Hall–Kier alpha value is -2.69. The van der Waals surface area contributed by atoms with E-state index < -0.39 is 0 Å². The maximum Gasteiger partial charge on any atom is 0.191 e. The summed E-state index contributed by atoms with van der Waals surface area (Å²) in [7, 11) is 3.44. The molecule has 134 valence electrons. The zero-order chi connectivity index (χ0) is 17.9. The second-order valence-electron chi connectivity index (χ2n) is 5.72. The van der Waals surface area contributed by atoms with Crippen LogP contribution < -0.4 is 20.1 Å². The van der Waals surface area contributed by atoms with Crippen molar-refractivity contribution < 1.29 is 9.47 Å². The lowest BCUT2D eigenvalue weighted by Gasteiger charge is -2.12. The number of hydrogen-bond donors (Lipinski definition) is 2. The van der Waals surface area contributed by atoms with Gasteiger partial charge < -0.3 is 20.1 Å². The number of hydrogen-bond acceptors (Lipinski definition) is 3. The Morgan fingerprint density at radius 3 is 2.28 bits per heavy atom. The van der Waals surface area contributed by atoms with E-state index in [1.165, 1.54) is 11.1 Å². The fourth-order valence-electron chi connectivity index (χ4n) is 2.25. The van der Waals surface area contributed by atoms with Crippen molar-refractivity contribution in [1.29, 1.82) is 0 Å². The normalized spacial score (nSPS) is 11.1. The second kappa shape index (κ2) is 10.2. The highest BCUT2D eigenvalue weighted by Gasteiger charge is 1.99. The van der Waals surface area contributed by atoms with Gasteiger partial charge in [-0.3, -0.25) is 4.99 Å². The van der Waals surface area contributed by atoms with Gasteiger partial charge in [-0.25, -0.2) is 0 Å². The molecule has 0 bridgehead atoms. The number of nitrogens with zero attached hydrogens (tertiary/aromatic N) is 1.